The standard InChI is InChI=1S/C12H13BrO5/c1-6(2)18-10-5-7(11(14)15)8(4-9(10)13)12(16)17-3/h4-6H,1-3H3,(H,14,15). The van der Waals surface area contributed by atoms with Gasteiger partial charge in [-0.1, -0.05) is 0 Å². The highest BCUT2D eigenvalue weighted by molar-refractivity contribution is 9.10. The minimum Gasteiger partial charge on any atom is -0.490 e. The summed E-state index contributed by atoms with van der Waals surface area (Å²) in [5.41, 5.74) is -0.173. The molecule has 0 spiro atoms. The van der Waals surface area contributed by atoms with Gasteiger partial charge in [0.1, 0.15) is 5.75 Å². The van der Waals surface area contributed by atoms with Gasteiger partial charge in [-0.3, -0.25) is 0 Å². The zero-order valence-electron chi connectivity index (χ0n) is 10.2. The van der Waals surface area contributed by atoms with Crippen LogP contribution in [0.2, 0.25) is 0 Å². The molecule has 0 saturated carbocycles. The largest absolute Gasteiger partial charge is 0.490 e. The summed E-state index contributed by atoms with van der Waals surface area (Å²) >= 11 is 3.23. The van der Waals surface area contributed by atoms with Gasteiger partial charge in [0, 0.05) is 0 Å². The van der Waals surface area contributed by atoms with E-state index >= 15 is 0 Å². The second kappa shape index (κ2) is 5.86. The van der Waals surface area contributed by atoms with Crippen molar-refractivity contribution in [3.63, 3.8) is 0 Å². The van der Waals surface area contributed by atoms with Crippen molar-refractivity contribution in [3.05, 3.63) is 27.7 Å². The predicted molar refractivity (Wildman–Crippen MR) is 68.2 cm³/mol. The average molecular weight is 317 g/mol. The fraction of sp³-hybridized carbons (Fsp3) is 0.333. The number of carbonyl (C=O) groups is 2. The lowest BCUT2D eigenvalue weighted by Crippen LogP contribution is -2.12. The molecule has 0 aliphatic heterocycles. The van der Waals surface area contributed by atoms with E-state index in [0.717, 1.165) is 0 Å². The van der Waals surface area contributed by atoms with Crippen LogP contribution < -0.4 is 4.74 Å². The second-order valence-corrected chi connectivity index (χ2v) is 4.65. The van der Waals surface area contributed by atoms with Gasteiger partial charge in [0.2, 0.25) is 0 Å². The van der Waals surface area contributed by atoms with E-state index in [-0.39, 0.29) is 17.2 Å². The Bertz CT molecular complexity index is 482. The van der Waals surface area contributed by atoms with Gasteiger partial charge in [-0.05, 0) is 41.9 Å². The molecule has 0 aliphatic rings. The topological polar surface area (TPSA) is 72.8 Å². The summed E-state index contributed by atoms with van der Waals surface area (Å²) in [4.78, 5) is 22.6. The maximum Gasteiger partial charge on any atom is 0.338 e. The Hall–Kier alpha value is -1.56. The molecule has 0 fully saturated rings. The summed E-state index contributed by atoms with van der Waals surface area (Å²) in [6, 6.07) is 2.69. The third-order valence-corrected chi connectivity index (χ3v) is 2.69. The van der Waals surface area contributed by atoms with Gasteiger partial charge in [0.05, 0.1) is 28.8 Å². The minimum atomic E-state index is -1.21. The molecule has 0 radical (unpaired) electrons. The third kappa shape index (κ3) is 3.22. The second-order valence-electron chi connectivity index (χ2n) is 3.79. The van der Waals surface area contributed by atoms with Crippen molar-refractivity contribution in [2.75, 3.05) is 7.11 Å². The molecule has 0 atom stereocenters. The lowest BCUT2D eigenvalue weighted by atomic mass is 10.1. The van der Waals surface area contributed by atoms with Crippen molar-refractivity contribution in [2.24, 2.45) is 0 Å². The Morgan fingerprint density at radius 1 is 1.28 bits per heavy atom. The summed E-state index contributed by atoms with van der Waals surface area (Å²) in [5, 5.41) is 9.08. The summed E-state index contributed by atoms with van der Waals surface area (Å²) in [6.07, 6.45) is -0.105. The van der Waals surface area contributed by atoms with Crippen LogP contribution in [0.4, 0.5) is 0 Å². The van der Waals surface area contributed by atoms with E-state index < -0.39 is 11.9 Å². The van der Waals surface area contributed by atoms with Crippen LogP contribution in [0.15, 0.2) is 16.6 Å². The highest BCUT2D eigenvalue weighted by Gasteiger charge is 2.20. The summed E-state index contributed by atoms with van der Waals surface area (Å²) in [5.74, 6) is -1.55. The first kappa shape index (κ1) is 14.5. The van der Waals surface area contributed by atoms with Crippen molar-refractivity contribution in [1.82, 2.24) is 0 Å². The minimum absolute atomic E-state index is 0.0204. The molecular formula is C12H13BrO5. The molecule has 0 heterocycles. The van der Waals surface area contributed by atoms with Crippen LogP contribution in [0.5, 0.6) is 5.75 Å². The molecule has 1 rings (SSSR count). The lowest BCUT2D eigenvalue weighted by molar-refractivity contribution is 0.0582. The van der Waals surface area contributed by atoms with Gasteiger partial charge >= 0.3 is 11.9 Å². The average Bonchev–Trinajstić information content (AvgIpc) is 2.29. The van der Waals surface area contributed by atoms with Gasteiger partial charge in [0.15, 0.2) is 0 Å². The first-order chi connectivity index (χ1) is 8.36. The number of carbonyl (C=O) groups excluding carboxylic acids is 1. The zero-order chi connectivity index (χ0) is 13.9. The van der Waals surface area contributed by atoms with Crippen molar-refractivity contribution in [1.29, 1.82) is 0 Å². The van der Waals surface area contributed by atoms with Crippen LogP contribution in [0.25, 0.3) is 0 Å². The zero-order valence-corrected chi connectivity index (χ0v) is 11.8. The van der Waals surface area contributed by atoms with E-state index in [0.29, 0.717) is 10.2 Å². The molecule has 0 amide bonds. The van der Waals surface area contributed by atoms with Crippen molar-refractivity contribution in [2.45, 2.75) is 20.0 Å². The molecule has 0 saturated heterocycles. The number of aromatic carboxylic acids is 1. The first-order valence-corrected chi connectivity index (χ1v) is 5.98. The number of carboxylic acids is 1. The number of benzene rings is 1. The number of halogens is 1. The SMILES string of the molecule is COC(=O)c1cc(Br)c(OC(C)C)cc1C(=O)O. The Labute approximate surface area is 113 Å². The molecule has 0 aromatic heterocycles. The summed E-state index contributed by atoms with van der Waals surface area (Å²) < 4.78 is 10.5. The van der Waals surface area contributed by atoms with Gasteiger partial charge < -0.3 is 14.6 Å². The number of esters is 1. The summed E-state index contributed by atoms with van der Waals surface area (Å²) in [7, 11) is 1.19. The third-order valence-electron chi connectivity index (χ3n) is 2.07. The molecule has 6 heteroatoms. The van der Waals surface area contributed by atoms with E-state index in [1.807, 2.05) is 13.8 Å². The fourth-order valence-electron chi connectivity index (χ4n) is 1.35. The van der Waals surface area contributed by atoms with E-state index in [1.165, 1.54) is 19.2 Å². The fourth-order valence-corrected chi connectivity index (χ4v) is 1.79. The Kier molecular flexibility index (Phi) is 4.72. The monoisotopic (exact) mass is 316 g/mol. The summed E-state index contributed by atoms with van der Waals surface area (Å²) in [6.45, 7) is 3.64. The molecule has 1 N–H and O–H groups in total. The van der Waals surface area contributed by atoms with Gasteiger partial charge in [-0.25, -0.2) is 9.59 Å². The number of carboxylic acid groups (broad SMARTS) is 1. The smallest absolute Gasteiger partial charge is 0.338 e. The highest BCUT2D eigenvalue weighted by atomic mass is 79.9. The Balaban J connectivity index is 3.34. The van der Waals surface area contributed by atoms with Gasteiger partial charge in [0.25, 0.3) is 0 Å². The number of rotatable bonds is 4. The van der Waals surface area contributed by atoms with Crippen LogP contribution in [0.3, 0.4) is 0 Å². The molecule has 0 aliphatic carbocycles. The quantitative estimate of drug-likeness (QED) is 0.865. The molecule has 0 bridgehead atoms. The molecule has 18 heavy (non-hydrogen) atoms. The number of hydrogen-bond donors (Lipinski definition) is 1. The van der Waals surface area contributed by atoms with Crippen molar-refractivity contribution >= 4 is 27.9 Å². The number of ether oxygens (including phenoxy) is 2. The van der Waals surface area contributed by atoms with E-state index in [1.54, 1.807) is 0 Å². The molecular weight excluding hydrogens is 304 g/mol. The first-order valence-electron chi connectivity index (χ1n) is 5.18. The molecule has 98 valence electrons. The van der Waals surface area contributed by atoms with E-state index in [9.17, 15) is 9.59 Å². The van der Waals surface area contributed by atoms with Gasteiger partial charge in [-0.2, -0.15) is 0 Å². The van der Waals surface area contributed by atoms with Crippen LogP contribution in [0, 0.1) is 0 Å². The van der Waals surface area contributed by atoms with Gasteiger partial charge in [-0.15, -0.1) is 0 Å². The number of hydrogen-bond acceptors (Lipinski definition) is 4. The lowest BCUT2D eigenvalue weighted by Gasteiger charge is -2.14. The molecule has 5 nitrogen and oxygen atoms in total. The Morgan fingerprint density at radius 2 is 1.89 bits per heavy atom. The molecule has 1 aromatic rings. The highest BCUT2D eigenvalue weighted by Crippen LogP contribution is 2.30. The van der Waals surface area contributed by atoms with Crippen LogP contribution in [-0.2, 0) is 4.74 Å². The van der Waals surface area contributed by atoms with Crippen LogP contribution >= 0.6 is 15.9 Å². The van der Waals surface area contributed by atoms with Crippen molar-refractivity contribution in [3.8, 4) is 5.75 Å². The van der Waals surface area contributed by atoms with Crippen LogP contribution in [0.1, 0.15) is 34.6 Å². The predicted octanol–water partition coefficient (Wildman–Crippen LogP) is 2.72. The Morgan fingerprint density at radius 3 is 2.33 bits per heavy atom. The van der Waals surface area contributed by atoms with Crippen LogP contribution in [-0.4, -0.2) is 30.3 Å². The maximum absolute atomic E-state index is 11.5. The van der Waals surface area contributed by atoms with Crippen molar-refractivity contribution < 1.29 is 24.2 Å². The molecule has 1 aromatic carbocycles. The number of methoxy groups -OCH3 is 1. The van der Waals surface area contributed by atoms with E-state index in [4.69, 9.17) is 9.84 Å². The maximum atomic E-state index is 11.5. The molecule has 0 unspecified atom stereocenters. The van der Waals surface area contributed by atoms with E-state index in [2.05, 4.69) is 20.7 Å². The normalized spacial score (nSPS) is 10.3.